The van der Waals surface area contributed by atoms with Crippen molar-refractivity contribution in [3.63, 3.8) is 0 Å². The molecule has 2 saturated heterocycles. The van der Waals surface area contributed by atoms with E-state index in [-0.39, 0.29) is 23.9 Å². The van der Waals surface area contributed by atoms with E-state index >= 15 is 0 Å². The number of hydrogen-bond acceptors (Lipinski definition) is 4. The van der Waals surface area contributed by atoms with Gasteiger partial charge in [-0.2, -0.15) is 0 Å². The highest BCUT2D eigenvalue weighted by Crippen LogP contribution is 2.41. The highest BCUT2D eigenvalue weighted by atomic mass is 16.5. The van der Waals surface area contributed by atoms with Crippen LogP contribution in [0.1, 0.15) is 62.2 Å². The molecule has 0 radical (unpaired) electrons. The molecular formula is C24H33N3O4. The maximum atomic E-state index is 13.6. The maximum Gasteiger partial charge on any atom is 0.407 e. The number of fused-ring (bicyclic) bond motifs is 1. The molecule has 1 saturated carbocycles. The number of nitrogens with zero attached hydrogens (tertiary/aromatic N) is 2. The van der Waals surface area contributed by atoms with E-state index in [4.69, 9.17) is 4.74 Å². The number of amides is 3. The lowest BCUT2D eigenvalue weighted by molar-refractivity contribution is -0.137. The molecule has 1 aromatic carbocycles. The van der Waals surface area contributed by atoms with E-state index in [1.165, 1.54) is 6.42 Å². The Morgan fingerprint density at radius 1 is 1.06 bits per heavy atom. The fraction of sp³-hybridized carbons (Fsp3) is 0.625. The molecule has 168 valence electrons. The summed E-state index contributed by atoms with van der Waals surface area (Å²) in [5.74, 6) is 0.384. The van der Waals surface area contributed by atoms with Crippen molar-refractivity contribution < 1.29 is 19.1 Å². The average Bonchev–Trinajstić information content (AvgIpc) is 3.18. The number of piperidine rings is 1. The second-order valence-electron chi connectivity index (χ2n) is 8.93. The van der Waals surface area contributed by atoms with Gasteiger partial charge in [0.15, 0.2) is 0 Å². The summed E-state index contributed by atoms with van der Waals surface area (Å²) in [4.78, 5) is 42.7. The highest BCUT2D eigenvalue weighted by molar-refractivity contribution is 5.98. The van der Waals surface area contributed by atoms with Gasteiger partial charge < -0.3 is 19.9 Å². The summed E-state index contributed by atoms with van der Waals surface area (Å²) in [5, 5.41) is 2.87. The monoisotopic (exact) mass is 427 g/mol. The Balaban J connectivity index is 1.51. The lowest BCUT2D eigenvalue weighted by atomic mass is 9.84. The molecule has 0 bridgehead atoms. The van der Waals surface area contributed by atoms with Crippen molar-refractivity contribution >= 4 is 17.9 Å². The molecule has 31 heavy (non-hydrogen) atoms. The van der Waals surface area contributed by atoms with E-state index in [2.05, 4.69) is 5.32 Å². The number of rotatable bonds is 4. The molecule has 4 atom stereocenters. The zero-order valence-electron chi connectivity index (χ0n) is 18.3. The molecule has 3 fully saturated rings. The first-order valence-corrected chi connectivity index (χ1v) is 11.7. The first-order chi connectivity index (χ1) is 15.1. The lowest BCUT2D eigenvalue weighted by Crippen LogP contribution is -2.55. The smallest absolute Gasteiger partial charge is 0.407 e. The van der Waals surface area contributed by atoms with Gasteiger partial charge in [-0.25, -0.2) is 4.79 Å². The van der Waals surface area contributed by atoms with Crippen LogP contribution in [0.4, 0.5) is 4.79 Å². The number of benzene rings is 1. The predicted molar refractivity (Wildman–Crippen MR) is 117 cm³/mol. The Labute approximate surface area is 184 Å². The molecule has 7 nitrogen and oxygen atoms in total. The summed E-state index contributed by atoms with van der Waals surface area (Å²) in [5.41, 5.74) is 0.645. The standard InChI is InChI=1S/C24H33N3O4/c1-2-31-24(30)25-19-12-8-14-26(16-19)23(29)21-15-18-11-6-7-13-20(18)27(21)22(28)17-9-4-3-5-10-17/h3-5,9-10,18-21H,2,6-8,11-16H2,1H3,(H,25,30). The van der Waals surface area contributed by atoms with Gasteiger partial charge in [-0.3, -0.25) is 9.59 Å². The fourth-order valence-corrected chi connectivity index (χ4v) is 5.55. The Morgan fingerprint density at radius 2 is 1.84 bits per heavy atom. The second kappa shape index (κ2) is 9.71. The molecule has 2 aliphatic heterocycles. The van der Waals surface area contributed by atoms with Crippen molar-refractivity contribution in [3.05, 3.63) is 35.9 Å². The van der Waals surface area contributed by atoms with Crippen LogP contribution < -0.4 is 5.32 Å². The van der Waals surface area contributed by atoms with Crippen molar-refractivity contribution in [3.8, 4) is 0 Å². The van der Waals surface area contributed by atoms with E-state index in [9.17, 15) is 14.4 Å². The average molecular weight is 428 g/mol. The Kier molecular flexibility index (Phi) is 6.78. The molecular weight excluding hydrogens is 394 g/mol. The normalized spacial score (nSPS) is 28.0. The Morgan fingerprint density at radius 3 is 2.61 bits per heavy atom. The number of nitrogens with one attached hydrogen (secondary N) is 1. The highest BCUT2D eigenvalue weighted by Gasteiger charge is 2.48. The number of carbonyl (C=O) groups is 3. The molecule has 7 heteroatoms. The molecule has 1 aromatic rings. The van der Waals surface area contributed by atoms with Crippen LogP contribution in [0.15, 0.2) is 30.3 Å². The van der Waals surface area contributed by atoms with Crippen molar-refractivity contribution in [2.75, 3.05) is 19.7 Å². The van der Waals surface area contributed by atoms with Crippen LogP contribution in [-0.2, 0) is 9.53 Å². The van der Waals surface area contributed by atoms with Gasteiger partial charge in [0.1, 0.15) is 6.04 Å². The van der Waals surface area contributed by atoms with Crippen molar-refractivity contribution in [2.45, 2.75) is 70.0 Å². The topological polar surface area (TPSA) is 79.0 Å². The molecule has 3 aliphatic rings. The van der Waals surface area contributed by atoms with Gasteiger partial charge in [0, 0.05) is 30.7 Å². The minimum absolute atomic E-state index is 0.0223. The minimum atomic E-state index is -0.436. The predicted octanol–water partition coefficient (Wildman–Crippen LogP) is 3.20. The number of alkyl carbamates (subject to hydrolysis) is 1. The zero-order valence-corrected chi connectivity index (χ0v) is 18.3. The molecule has 1 N–H and O–H groups in total. The van der Waals surface area contributed by atoms with E-state index in [0.29, 0.717) is 31.2 Å². The summed E-state index contributed by atoms with van der Waals surface area (Å²) < 4.78 is 5.00. The van der Waals surface area contributed by atoms with E-state index in [0.717, 1.165) is 38.5 Å². The van der Waals surface area contributed by atoms with Crippen LogP contribution in [0.5, 0.6) is 0 Å². The first-order valence-electron chi connectivity index (χ1n) is 11.7. The SMILES string of the molecule is CCOC(=O)NC1CCCN(C(=O)C2CC3CCCCC3N2C(=O)c2ccccc2)C1. The van der Waals surface area contributed by atoms with Gasteiger partial charge in [-0.1, -0.05) is 31.0 Å². The van der Waals surface area contributed by atoms with Gasteiger partial charge in [-0.05, 0) is 57.1 Å². The summed E-state index contributed by atoms with van der Waals surface area (Å²) in [6, 6.07) is 8.93. The summed E-state index contributed by atoms with van der Waals surface area (Å²) >= 11 is 0. The van der Waals surface area contributed by atoms with Crippen LogP contribution in [-0.4, -0.2) is 65.5 Å². The zero-order chi connectivity index (χ0) is 21.8. The van der Waals surface area contributed by atoms with Crippen LogP contribution in [0, 0.1) is 5.92 Å². The van der Waals surface area contributed by atoms with Gasteiger partial charge in [-0.15, -0.1) is 0 Å². The first kappa shape index (κ1) is 21.7. The van der Waals surface area contributed by atoms with E-state index < -0.39 is 12.1 Å². The van der Waals surface area contributed by atoms with E-state index in [1.807, 2.05) is 40.1 Å². The third-order valence-corrected chi connectivity index (χ3v) is 6.96. The Hall–Kier alpha value is -2.57. The van der Waals surface area contributed by atoms with Crippen LogP contribution in [0.25, 0.3) is 0 Å². The Bertz CT molecular complexity index is 799. The second-order valence-corrected chi connectivity index (χ2v) is 8.93. The molecule has 0 aromatic heterocycles. The lowest BCUT2D eigenvalue weighted by Gasteiger charge is -2.38. The van der Waals surface area contributed by atoms with Gasteiger partial charge in [0.2, 0.25) is 5.91 Å². The number of carbonyl (C=O) groups excluding carboxylic acids is 3. The van der Waals surface area contributed by atoms with Crippen molar-refractivity contribution in [1.82, 2.24) is 15.1 Å². The van der Waals surface area contributed by atoms with Gasteiger partial charge in [0.05, 0.1) is 6.61 Å². The third-order valence-electron chi connectivity index (χ3n) is 6.96. The van der Waals surface area contributed by atoms with Crippen LogP contribution >= 0.6 is 0 Å². The van der Waals surface area contributed by atoms with Gasteiger partial charge in [0.25, 0.3) is 5.91 Å². The van der Waals surface area contributed by atoms with E-state index in [1.54, 1.807) is 6.92 Å². The molecule has 2 heterocycles. The molecule has 4 rings (SSSR count). The van der Waals surface area contributed by atoms with Crippen LogP contribution in [0.2, 0.25) is 0 Å². The summed E-state index contributed by atoms with van der Waals surface area (Å²) in [7, 11) is 0. The van der Waals surface area contributed by atoms with Crippen molar-refractivity contribution in [2.24, 2.45) is 5.92 Å². The van der Waals surface area contributed by atoms with Gasteiger partial charge >= 0.3 is 6.09 Å². The molecule has 4 unspecified atom stereocenters. The maximum absolute atomic E-state index is 13.6. The van der Waals surface area contributed by atoms with Crippen LogP contribution in [0.3, 0.4) is 0 Å². The fourth-order valence-electron chi connectivity index (χ4n) is 5.55. The molecule has 0 spiro atoms. The third kappa shape index (κ3) is 4.70. The number of likely N-dealkylation sites (tertiary alicyclic amines) is 2. The summed E-state index contributed by atoms with van der Waals surface area (Å²) in [6.45, 7) is 3.23. The molecule has 1 aliphatic carbocycles. The largest absolute Gasteiger partial charge is 0.450 e. The van der Waals surface area contributed by atoms with Crippen molar-refractivity contribution in [1.29, 1.82) is 0 Å². The minimum Gasteiger partial charge on any atom is -0.450 e. The molecule has 3 amide bonds. The number of hydrogen-bond donors (Lipinski definition) is 1. The quantitative estimate of drug-likeness (QED) is 0.800. The summed E-state index contributed by atoms with van der Waals surface area (Å²) in [6.07, 6.45) is 6.30. The number of ether oxygens (including phenoxy) is 1.